The van der Waals surface area contributed by atoms with Gasteiger partial charge in [0.15, 0.2) is 0 Å². The van der Waals surface area contributed by atoms with Crippen molar-refractivity contribution in [3.8, 4) is 5.75 Å². The maximum Gasteiger partial charge on any atom is 0.264 e. The predicted octanol–water partition coefficient (Wildman–Crippen LogP) is 5.83. The van der Waals surface area contributed by atoms with Crippen LogP contribution in [0.1, 0.15) is 59.6 Å². The fourth-order valence-electron chi connectivity index (χ4n) is 6.89. The first kappa shape index (κ1) is 25.9. The summed E-state index contributed by atoms with van der Waals surface area (Å²) in [4.78, 5) is 13.7. The fraction of sp³-hybridized carbons (Fsp3) is 0.387. The van der Waals surface area contributed by atoms with Crippen LogP contribution in [0, 0.1) is 11.7 Å². The molecule has 40 heavy (non-hydrogen) atoms. The Labute approximate surface area is 238 Å². The summed E-state index contributed by atoms with van der Waals surface area (Å²) < 4.78 is 49.5. The van der Waals surface area contributed by atoms with Gasteiger partial charge in [0.2, 0.25) is 0 Å². The molecule has 1 N–H and O–H groups in total. The summed E-state index contributed by atoms with van der Waals surface area (Å²) in [5.41, 5.74) is 2.76. The third kappa shape index (κ3) is 4.20. The Hall–Kier alpha value is -3.04. The molecule has 208 valence electrons. The van der Waals surface area contributed by atoms with Crippen LogP contribution >= 0.6 is 11.8 Å². The number of para-hydroxylation sites is 1. The van der Waals surface area contributed by atoms with E-state index in [9.17, 15) is 17.6 Å². The number of benzene rings is 3. The molecule has 3 heterocycles. The van der Waals surface area contributed by atoms with Crippen molar-refractivity contribution in [2.45, 2.75) is 54.5 Å². The summed E-state index contributed by atoms with van der Waals surface area (Å²) >= 11 is 1.90. The summed E-state index contributed by atoms with van der Waals surface area (Å²) in [5, 5.41) is 3.20. The molecule has 2 unspecified atom stereocenters. The zero-order valence-corrected chi connectivity index (χ0v) is 23.6. The zero-order valence-electron chi connectivity index (χ0n) is 22.0. The van der Waals surface area contributed by atoms with Gasteiger partial charge in [-0.2, -0.15) is 11.8 Å². The Kier molecular flexibility index (Phi) is 6.35. The fourth-order valence-corrected chi connectivity index (χ4v) is 9.91. The molecule has 1 amide bonds. The van der Waals surface area contributed by atoms with E-state index in [4.69, 9.17) is 4.74 Å². The Morgan fingerprint density at radius 2 is 1.75 bits per heavy atom. The lowest BCUT2D eigenvalue weighted by atomic mass is 9.70. The maximum absolute atomic E-state index is 14.2. The molecule has 2 atom stereocenters. The minimum atomic E-state index is -3.94. The standard InChI is InChI=1S/C31H31FN2O4S2/c32-22-8-10-23(11-9-22)40(36,37)34-27-12-7-21(30(35)33-26-13-16-38-28-4-2-1-3-24(26)28)19-25(27)31(14-17-39-18-15-31)29(34)20-5-6-20/h1-4,7-12,19-20,26,29H,5-6,13-18H2,(H,33,35). The second kappa shape index (κ2) is 9.80. The van der Waals surface area contributed by atoms with Crippen LogP contribution in [0.5, 0.6) is 5.75 Å². The van der Waals surface area contributed by atoms with Crippen LogP contribution in [0.2, 0.25) is 0 Å². The number of nitrogens with one attached hydrogen (secondary N) is 1. The van der Waals surface area contributed by atoms with Crippen molar-refractivity contribution in [3.63, 3.8) is 0 Å². The summed E-state index contributed by atoms with van der Waals surface area (Å²) in [7, 11) is -3.94. The van der Waals surface area contributed by atoms with Crippen LogP contribution in [0.15, 0.2) is 71.6 Å². The smallest absolute Gasteiger partial charge is 0.264 e. The highest BCUT2D eigenvalue weighted by Crippen LogP contribution is 2.59. The molecule has 0 bridgehead atoms. The molecule has 9 heteroatoms. The molecule has 1 saturated carbocycles. The number of nitrogens with zero attached hydrogens (tertiary/aromatic N) is 1. The normalized spacial score (nSPS) is 23.3. The maximum atomic E-state index is 14.2. The third-order valence-electron chi connectivity index (χ3n) is 8.94. The van der Waals surface area contributed by atoms with Gasteiger partial charge in [-0.1, -0.05) is 18.2 Å². The number of amides is 1. The highest BCUT2D eigenvalue weighted by Gasteiger charge is 2.59. The van der Waals surface area contributed by atoms with Crippen molar-refractivity contribution in [1.29, 1.82) is 0 Å². The van der Waals surface area contributed by atoms with Crippen LogP contribution in [0.25, 0.3) is 0 Å². The number of carbonyl (C=O) groups is 1. The van der Waals surface area contributed by atoms with Crippen LogP contribution < -0.4 is 14.4 Å². The average molecular weight is 579 g/mol. The molecule has 3 aliphatic heterocycles. The highest BCUT2D eigenvalue weighted by atomic mass is 32.2. The van der Waals surface area contributed by atoms with Gasteiger partial charge in [-0.3, -0.25) is 9.10 Å². The van der Waals surface area contributed by atoms with E-state index < -0.39 is 15.8 Å². The number of thioether (sulfide) groups is 1. The Balaban J connectivity index is 1.30. The van der Waals surface area contributed by atoms with Gasteiger partial charge >= 0.3 is 0 Å². The van der Waals surface area contributed by atoms with E-state index in [2.05, 4.69) is 5.32 Å². The predicted molar refractivity (Wildman–Crippen MR) is 154 cm³/mol. The molecule has 0 radical (unpaired) electrons. The number of fused-ring (bicyclic) bond motifs is 3. The molecular weight excluding hydrogens is 547 g/mol. The summed E-state index contributed by atoms with van der Waals surface area (Å²) in [6, 6.07) is 18.0. The van der Waals surface area contributed by atoms with E-state index >= 15 is 0 Å². The number of rotatable bonds is 5. The van der Waals surface area contributed by atoms with Crippen molar-refractivity contribution in [3.05, 3.63) is 89.2 Å². The largest absolute Gasteiger partial charge is 0.493 e. The summed E-state index contributed by atoms with van der Waals surface area (Å²) in [6.07, 6.45) is 4.38. The number of ether oxygens (including phenoxy) is 1. The monoisotopic (exact) mass is 578 g/mol. The van der Waals surface area contributed by atoms with Crippen LogP contribution in [-0.2, 0) is 15.4 Å². The number of hydrogen-bond acceptors (Lipinski definition) is 5. The minimum Gasteiger partial charge on any atom is -0.493 e. The number of sulfonamides is 1. The molecule has 1 saturated heterocycles. The Bertz CT molecular complexity index is 1570. The van der Waals surface area contributed by atoms with Crippen molar-refractivity contribution in [2.24, 2.45) is 5.92 Å². The zero-order chi connectivity index (χ0) is 27.5. The molecule has 2 fully saturated rings. The molecule has 7 rings (SSSR count). The first-order valence-corrected chi connectivity index (χ1v) is 16.5. The average Bonchev–Trinajstić information content (AvgIpc) is 3.77. The van der Waals surface area contributed by atoms with E-state index in [1.54, 1.807) is 10.4 Å². The van der Waals surface area contributed by atoms with Gasteiger partial charge in [0.25, 0.3) is 15.9 Å². The summed E-state index contributed by atoms with van der Waals surface area (Å²) in [5.74, 6) is 2.31. The van der Waals surface area contributed by atoms with Crippen LogP contribution in [-0.4, -0.2) is 38.5 Å². The lowest BCUT2D eigenvalue weighted by Gasteiger charge is -2.41. The van der Waals surface area contributed by atoms with Gasteiger partial charge in [-0.25, -0.2) is 12.8 Å². The van der Waals surface area contributed by atoms with Crippen molar-refractivity contribution < 1.29 is 22.3 Å². The molecule has 3 aromatic rings. The first-order chi connectivity index (χ1) is 19.4. The Morgan fingerprint density at radius 3 is 2.50 bits per heavy atom. The molecule has 6 nitrogen and oxygen atoms in total. The van der Waals surface area contributed by atoms with Gasteiger partial charge in [0.1, 0.15) is 11.6 Å². The van der Waals surface area contributed by atoms with Gasteiger partial charge < -0.3 is 10.1 Å². The molecule has 1 aliphatic carbocycles. The van der Waals surface area contributed by atoms with E-state index in [-0.39, 0.29) is 34.2 Å². The number of carbonyl (C=O) groups excluding carboxylic acids is 1. The first-order valence-electron chi connectivity index (χ1n) is 13.9. The third-order valence-corrected chi connectivity index (χ3v) is 11.7. The SMILES string of the molecule is O=C(NC1CCOc2ccccc21)c1ccc2c(c1)C1(CCSCC1)C(C1CC1)N2S(=O)(=O)c1ccc(F)cc1. The van der Waals surface area contributed by atoms with E-state index in [0.717, 1.165) is 54.1 Å². The lowest BCUT2D eigenvalue weighted by Crippen LogP contribution is -2.50. The van der Waals surface area contributed by atoms with Crippen LogP contribution in [0.3, 0.4) is 0 Å². The molecule has 3 aromatic carbocycles. The van der Waals surface area contributed by atoms with E-state index in [1.165, 1.54) is 24.3 Å². The van der Waals surface area contributed by atoms with E-state index in [0.29, 0.717) is 24.3 Å². The van der Waals surface area contributed by atoms with Gasteiger partial charge in [0, 0.05) is 23.0 Å². The van der Waals surface area contributed by atoms with Gasteiger partial charge in [-0.15, -0.1) is 0 Å². The second-order valence-electron chi connectivity index (χ2n) is 11.2. The van der Waals surface area contributed by atoms with Crippen molar-refractivity contribution in [2.75, 3.05) is 22.4 Å². The van der Waals surface area contributed by atoms with E-state index in [1.807, 2.05) is 48.2 Å². The highest BCUT2D eigenvalue weighted by molar-refractivity contribution is 7.99. The van der Waals surface area contributed by atoms with Gasteiger partial charge in [-0.05, 0) is 97.2 Å². The number of halogens is 1. The molecule has 4 aliphatic rings. The Morgan fingerprint density at radius 1 is 1.00 bits per heavy atom. The van der Waals surface area contributed by atoms with Crippen molar-refractivity contribution in [1.82, 2.24) is 5.32 Å². The molecule has 1 spiro atoms. The number of anilines is 1. The number of hydrogen-bond donors (Lipinski definition) is 1. The topological polar surface area (TPSA) is 75.7 Å². The van der Waals surface area contributed by atoms with Crippen molar-refractivity contribution >= 4 is 33.4 Å². The molecule has 0 aromatic heterocycles. The summed E-state index contributed by atoms with van der Waals surface area (Å²) in [6.45, 7) is 0.534. The minimum absolute atomic E-state index is 0.0905. The van der Waals surface area contributed by atoms with Crippen LogP contribution in [0.4, 0.5) is 10.1 Å². The molecular formula is C31H31FN2O4S2. The second-order valence-corrected chi connectivity index (χ2v) is 14.3. The lowest BCUT2D eigenvalue weighted by molar-refractivity contribution is 0.0924. The quantitative estimate of drug-likeness (QED) is 0.412. The van der Waals surface area contributed by atoms with Gasteiger partial charge in [0.05, 0.1) is 29.3 Å².